The number of carbonyl (C=O) groups is 1. The summed E-state index contributed by atoms with van der Waals surface area (Å²) in [7, 11) is 0. The third-order valence-electron chi connectivity index (χ3n) is 4.40. The molecular formula is C14H17N5O3. The number of hydrogen-bond donors (Lipinski definition) is 1. The minimum Gasteiger partial charge on any atom is -0.365 e. The number of aromatic nitrogens is 4. The summed E-state index contributed by atoms with van der Waals surface area (Å²) in [5.74, 6) is 1.57. The number of H-pyrrole nitrogens is 1. The molecule has 3 atom stereocenters. The van der Waals surface area contributed by atoms with Crippen molar-refractivity contribution in [3.63, 3.8) is 0 Å². The molecule has 2 fully saturated rings. The maximum Gasteiger partial charge on any atom is 0.271 e. The van der Waals surface area contributed by atoms with Gasteiger partial charge < -0.3 is 14.2 Å². The second kappa shape index (κ2) is 5.20. The van der Waals surface area contributed by atoms with Crippen molar-refractivity contribution in [1.29, 1.82) is 0 Å². The average molecular weight is 303 g/mol. The topological polar surface area (TPSA) is 97.1 Å². The predicted octanol–water partition coefficient (Wildman–Crippen LogP) is 1.09. The second-order valence-corrected chi connectivity index (χ2v) is 5.84. The van der Waals surface area contributed by atoms with Gasteiger partial charge >= 0.3 is 0 Å². The van der Waals surface area contributed by atoms with Crippen molar-refractivity contribution in [2.75, 3.05) is 13.1 Å². The fourth-order valence-corrected chi connectivity index (χ4v) is 3.27. The van der Waals surface area contributed by atoms with Crippen LogP contribution >= 0.6 is 0 Å². The van der Waals surface area contributed by atoms with Gasteiger partial charge in [-0.25, -0.2) is 0 Å². The van der Waals surface area contributed by atoms with E-state index in [4.69, 9.17) is 9.26 Å². The Kier molecular flexibility index (Phi) is 3.18. The van der Waals surface area contributed by atoms with Crippen LogP contribution in [-0.4, -0.2) is 50.3 Å². The number of nitrogens with one attached hydrogen (secondary N) is 1. The summed E-state index contributed by atoms with van der Waals surface area (Å²) in [4.78, 5) is 18.4. The van der Waals surface area contributed by atoms with Crippen LogP contribution in [0.15, 0.2) is 16.8 Å². The van der Waals surface area contributed by atoms with Crippen molar-refractivity contribution >= 4 is 5.91 Å². The van der Waals surface area contributed by atoms with E-state index in [1.165, 1.54) is 0 Å². The zero-order chi connectivity index (χ0) is 15.1. The van der Waals surface area contributed by atoms with E-state index in [1.54, 1.807) is 19.2 Å². The molecule has 2 saturated heterocycles. The normalized spacial score (nSPS) is 27.9. The maximum absolute atomic E-state index is 12.4. The molecule has 0 aromatic carbocycles. The van der Waals surface area contributed by atoms with Gasteiger partial charge in [0.1, 0.15) is 11.8 Å². The van der Waals surface area contributed by atoms with E-state index in [-0.39, 0.29) is 18.1 Å². The molecule has 0 aliphatic carbocycles. The summed E-state index contributed by atoms with van der Waals surface area (Å²) in [5.41, 5.74) is 0.516. The molecule has 2 aliphatic heterocycles. The van der Waals surface area contributed by atoms with E-state index in [0.717, 1.165) is 19.4 Å². The molecule has 0 bridgehead atoms. The van der Waals surface area contributed by atoms with E-state index in [0.29, 0.717) is 29.9 Å². The number of aromatic amines is 1. The lowest BCUT2D eigenvalue weighted by Gasteiger charge is -2.33. The van der Waals surface area contributed by atoms with E-state index in [1.807, 2.05) is 4.90 Å². The molecule has 2 aliphatic rings. The van der Waals surface area contributed by atoms with Gasteiger partial charge in [0.15, 0.2) is 0 Å². The minimum atomic E-state index is -0.130. The van der Waals surface area contributed by atoms with Gasteiger partial charge in [-0.2, -0.15) is 10.1 Å². The zero-order valence-corrected chi connectivity index (χ0v) is 12.2. The van der Waals surface area contributed by atoms with E-state index in [9.17, 15) is 4.79 Å². The van der Waals surface area contributed by atoms with Crippen LogP contribution < -0.4 is 0 Å². The Labute approximate surface area is 126 Å². The molecule has 0 radical (unpaired) electrons. The third kappa shape index (κ3) is 2.29. The quantitative estimate of drug-likeness (QED) is 0.892. The Bertz CT molecular complexity index is 668. The SMILES string of the molecule is Cc1nc([C@H]2C[C@@H]3CCN(C(=O)c4ccn[nH]4)C[C@H]3O2)no1. The first kappa shape index (κ1) is 13.4. The number of piperidine rings is 1. The van der Waals surface area contributed by atoms with Gasteiger partial charge in [-0.3, -0.25) is 9.89 Å². The molecule has 8 heteroatoms. The predicted molar refractivity (Wildman–Crippen MR) is 73.9 cm³/mol. The molecule has 2 aromatic heterocycles. The molecule has 0 saturated carbocycles. The van der Waals surface area contributed by atoms with Crippen molar-refractivity contribution in [2.24, 2.45) is 5.92 Å². The highest BCUT2D eigenvalue weighted by Crippen LogP contribution is 2.40. The molecule has 1 N–H and O–H groups in total. The summed E-state index contributed by atoms with van der Waals surface area (Å²) < 4.78 is 11.1. The number of fused-ring (bicyclic) bond motifs is 1. The molecule has 0 spiro atoms. The summed E-state index contributed by atoms with van der Waals surface area (Å²) in [6.07, 6.45) is 3.30. The van der Waals surface area contributed by atoms with Crippen LogP contribution in [0.4, 0.5) is 0 Å². The van der Waals surface area contributed by atoms with E-state index in [2.05, 4.69) is 20.3 Å². The molecule has 8 nitrogen and oxygen atoms in total. The van der Waals surface area contributed by atoms with Crippen molar-refractivity contribution in [3.8, 4) is 0 Å². The number of amides is 1. The number of aryl methyl sites for hydroxylation is 1. The molecule has 0 unspecified atom stereocenters. The van der Waals surface area contributed by atoms with Gasteiger partial charge in [0.2, 0.25) is 11.7 Å². The molecule has 4 rings (SSSR count). The fraction of sp³-hybridized carbons (Fsp3) is 0.571. The first-order valence-corrected chi connectivity index (χ1v) is 7.45. The lowest BCUT2D eigenvalue weighted by molar-refractivity contribution is -0.00762. The smallest absolute Gasteiger partial charge is 0.271 e. The van der Waals surface area contributed by atoms with Gasteiger partial charge in [0, 0.05) is 26.2 Å². The number of carbonyl (C=O) groups excluding carboxylic acids is 1. The van der Waals surface area contributed by atoms with Gasteiger partial charge in [-0.1, -0.05) is 5.16 Å². The summed E-state index contributed by atoms with van der Waals surface area (Å²) in [6, 6.07) is 1.69. The van der Waals surface area contributed by atoms with Gasteiger partial charge in [0.25, 0.3) is 5.91 Å². The summed E-state index contributed by atoms with van der Waals surface area (Å²) in [6.45, 7) is 3.10. The number of likely N-dealkylation sites (tertiary alicyclic amines) is 1. The lowest BCUT2D eigenvalue weighted by atomic mass is 9.91. The van der Waals surface area contributed by atoms with Crippen LogP contribution in [0.2, 0.25) is 0 Å². The Balaban J connectivity index is 1.44. The van der Waals surface area contributed by atoms with Gasteiger partial charge in [0.05, 0.1) is 6.10 Å². The molecule has 2 aromatic rings. The molecule has 4 heterocycles. The van der Waals surface area contributed by atoms with Crippen LogP contribution in [0.5, 0.6) is 0 Å². The Morgan fingerprint density at radius 2 is 2.41 bits per heavy atom. The first-order chi connectivity index (χ1) is 10.7. The standard InChI is InChI=1S/C14H17N5O3/c1-8-16-13(18-22-8)11-6-9-3-5-19(7-12(9)21-11)14(20)10-2-4-15-17-10/h2,4,9,11-12H,3,5-7H2,1H3,(H,15,17)/t9-,11+,12+/m0/s1. The fourth-order valence-electron chi connectivity index (χ4n) is 3.27. The van der Waals surface area contributed by atoms with E-state index >= 15 is 0 Å². The monoisotopic (exact) mass is 303 g/mol. The van der Waals surface area contributed by atoms with Crippen molar-refractivity contribution in [3.05, 3.63) is 29.7 Å². The zero-order valence-electron chi connectivity index (χ0n) is 12.2. The summed E-state index contributed by atoms with van der Waals surface area (Å²) >= 11 is 0. The molecule has 1 amide bonds. The van der Waals surface area contributed by atoms with Crippen molar-refractivity contribution < 1.29 is 14.1 Å². The van der Waals surface area contributed by atoms with Crippen LogP contribution in [0, 0.1) is 12.8 Å². The van der Waals surface area contributed by atoms with E-state index < -0.39 is 0 Å². The van der Waals surface area contributed by atoms with Crippen LogP contribution in [-0.2, 0) is 4.74 Å². The van der Waals surface area contributed by atoms with Crippen LogP contribution in [0.1, 0.15) is 41.1 Å². The van der Waals surface area contributed by atoms with Crippen molar-refractivity contribution in [1.82, 2.24) is 25.2 Å². The highest BCUT2D eigenvalue weighted by atomic mass is 16.5. The highest BCUT2D eigenvalue weighted by Gasteiger charge is 2.42. The number of ether oxygens (including phenoxy) is 1. The minimum absolute atomic E-state index is 0.0293. The number of nitrogens with zero attached hydrogens (tertiary/aromatic N) is 4. The third-order valence-corrected chi connectivity index (χ3v) is 4.40. The molecular weight excluding hydrogens is 286 g/mol. The van der Waals surface area contributed by atoms with Crippen LogP contribution in [0.25, 0.3) is 0 Å². The number of hydrogen-bond acceptors (Lipinski definition) is 6. The molecule has 116 valence electrons. The Morgan fingerprint density at radius 1 is 1.50 bits per heavy atom. The first-order valence-electron chi connectivity index (χ1n) is 7.45. The van der Waals surface area contributed by atoms with Gasteiger partial charge in [-0.15, -0.1) is 0 Å². The Morgan fingerprint density at radius 3 is 3.14 bits per heavy atom. The lowest BCUT2D eigenvalue weighted by Crippen LogP contribution is -2.45. The maximum atomic E-state index is 12.4. The molecule has 22 heavy (non-hydrogen) atoms. The van der Waals surface area contributed by atoms with Crippen LogP contribution in [0.3, 0.4) is 0 Å². The highest BCUT2D eigenvalue weighted by molar-refractivity contribution is 5.92. The number of rotatable bonds is 2. The Hall–Kier alpha value is -2.22. The summed E-state index contributed by atoms with van der Waals surface area (Å²) in [5, 5.41) is 10.5. The second-order valence-electron chi connectivity index (χ2n) is 5.84. The average Bonchev–Trinajstić information content (AvgIpc) is 3.25. The largest absolute Gasteiger partial charge is 0.365 e. The van der Waals surface area contributed by atoms with Gasteiger partial charge in [-0.05, 0) is 24.8 Å². The van der Waals surface area contributed by atoms with Crippen molar-refractivity contribution in [2.45, 2.75) is 32.0 Å².